The summed E-state index contributed by atoms with van der Waals surface area (Å²) in [5.74, 6) is 0.147. The van der Waals surface area contributed by atoms with E-state index in [-0.39, 0.29) is 18.0 Å². The monoisotopic (exact) mass is 337 g/mol. The van der Waals surface area contributed by atoms with Crippen LogP contribution in [0, 0.1) is 0 Å². The molecule has 1 amide bonds. The van der Waals surface area contributed by atoms with Crippen molar-refractivity contribution in [2.75, 3.05) is 7.05 Å². The minimum Gasteiger partial charge on any atom is -0.340 e. The number of nitrogens with zero attached hydrogens (tertiary/aromatic N) is 4. The van der Waals surface area contributed by atoms with E-state index in [1.807, 2.05) is 0 Å². The Morgan fingerprint density at radius 2 is 2.12 bits per heavy atom. The number of amides is 1. The quantitative estimate of drug-likeness (QED) is 0.799. The fraction of sp³-hybridized carbons (Fsp3) is 0.267. The number of fused-ring (bicyclic) bond motifs is 1. The highest BCUT2D eigenvalue weighted by Crippen LogP contribution is 2.30. The Bertz CT molecular complexity index is 896. The molecule has 0 spiro atoms. The Hall–Kier alpha value is -2.84. The first kappa shape index (κ1) is 16.0. The van der Waals surface area contributed by atoms with Gasteiger partial charge in [0.25, 0.3) is 5.91 Å². The summed E-state index contributed by atoms with van der Waals surface area (Å²) in [7, 11) is 3.29. The Labute approximate surface area is 134 Å². The standard InChI is InChI=1S/C15H14F3N5O/c1-22(14(24)12-6-19-8-23(12)2)7-13-20-10-4-3-9(15(16,17)18)5-11(10)21-13/h3-6,8H,7H2,1-2H3,(H,20,21). The molecule has 1 N–H and O–H groups in total. The van der Waals surface area contributed by atoms with E-state index in [4.69, 9.17) is 0 Å². The summed E-state index contributed by atoms with van der Waals surface area (Å²) in [5.41, 5.74) is 0.359. The SMILES string of the molecule is CN(Cc1nc2ccc(C(F)(F)F)cc2[nH]1)C(=O)c1cncn1C. The molecule has 0 aliphatic carbocycles. The van der Waals surface area contributed by atoms with Gasteiger partial charge in [-0.2, -0.15) is 13.2 Å². The summed E-state index contributed by atoms with van der Waals surface area (Å²) in [4.78, 5) is 24.7. The van der Waals surface area contributed by atoms with Crippen LogP contribution in [0.1, 0.15) is 21.9 Å². The van der Waals surface area contributed by atoms with E-state index >= 15 is 0 Å². The number of hydrogen-bond acceptors (Lipinski definition) is 3. The molecule has 0 aliphatic heterocycles. The third kappa shape index (κ3) is 2.97. The second-order valence-corrected chi connectivity index (χ2v) is 5.46. The Balaban J connectivity index is 1.82. The number of aryl methyl sites for hydroxylation is 1. The van der Waals surface area contributed by atoms with Crippen LogP contribution >= 0.6 is 0 Å². The first-order valence-electron chi connectivity index (χ1n) is 7.03. The zero-order valence-corrected chi connectivity index (χ0v) is 12.9. The van der Waals surface area contributed by atoms with Crippen LogP contribution in [0.4, 0.5) is 13.2 Å². The number of aromatic nitrogens is 4. The van der Waals surface area contributed by atoms with E-state index < -0.39 is 11.7 Å². The first-order valence-corrected chi connectivity index (χ1v) is 7.03. The van der Waals surface area contributed by atoms with Crippen LogP contribution in [0.15, 0.2) is 30.7 Å². The van der Waals surface area contributed by atoms with Crippen LogP contribution in [0.2, 0.25) is 0 Å². The van der Waals surface area contributed by atoms with E-state index in [2.05, 4.69) is 15.0 Å². The maximum Gasteiger partial charge on any atom is 0.416 e. The van der Waals surface area contributed by atoms with Gasteiger partial charge in [0.15, 0.2) is 0 Å². The lowest BCUT2D eigenvalue weighted by Gasteiger charge is -2.15. The molecule has 0 fully saturated rings. The normalized spacial score (nSPS) is 11.9. The Morgan fingerprint density at radius 1 is 1.38 bits per heavy atom. The third-order valence-electron chi connectivity index (χ3n) is 3.63. The minimum atomic E-state index is -4.41. The van der Waals surface area contributed by atoms with Crippen molar-refractivity contribution in [2.24, 2.45) is 7.05 Å². The predicted molar refractivity (Wildman–Crippen MR) is 80.1 cm³/mol. The van der Waals surface area contributed by atoms with Crippen molar-refractivity contribution in [3.8, 4) is 0 Å². The van der Waals surface area contributed by atoms with Crippen LogP contribution in [-0.4, -0.2) is 37.4 Å². The van der Waals surface area contributed by atoms with Crippen LogP contribution in [-0.2, 0) is 19.8 Å². The molecule has 0 unspecified atom stereocenters. The number of carbonyl (C=O) groups is 1. The molecule has 0 radical (unpaired) electrons. The van der Waals surface area contributed by atoms with Gasteiger partial charge in [0.1, 0.15) is 11.5 Å². The summed E-state index contributed by atoms with van der Waals surface area (Å²) in [6, 6.07) is 3.30. The van der Waals surface area contributed by atoms with Crippen LogP contribution in [0.25, 0.3) is 11.0 Å². The molecule has 0 saturated heterocycles. The number of rotatable bonds is 3. The molecule has 0 atom stereocenters. The zero-order valence-electron chi connectivity index (χ0n) is 12.9. The predicted octanol–water partition coefficient (Wildman–Crippen LogP) is 2.59. The molecule has 2 aromatic heterocycles. The Morgan fingerprint density at radius 3 is 2.75 bits per heavy atom. The summed E-state index contributed by atoms with van der Waals surface area (Å²) >= 11 is 0. The lowest BCUT2D eigenvalue weighted by molar-refractivity contribution is -0.137. The van der Waals surface area contributed by atoms with Gasteiger partial charge in [-0.1, -0.05) is 0 Å². The maximum absolute atomic E-state index is 12.7. The van der Waals surface area contributed by atoms with Crippen molar-refractivity contribution < 1.29 is 18.0 Å². The molecule has 0 aliphatic rings. The van der Waals surface area contributed by atoms with Crippen molar-refractivity contribution in [1.29, 1.82) is 0 Å². The molecular formula is C15H14F3N5O. The number of hydrogen-bond donors (Lipinski definition) is 1. The number of carbonyl (C=O) groups excluding carboxylic acids is 1. The molecule has 0 saturated carbocycles. The van der Waals surface area contributed by atoms with Gasteiger partial charge in [-0.25, -0.2) is 9.97 Å². The number of imidazole rings is 2. The van der Waals surface area contributed by atoms with Crippen molar-refractivity contribution in [2.45, 2.75) is 12.7 Å². The number of alkyl halides is 3. The van der Waals surface area contributed by atoms with E-state index in [1.54, 1.807) is 18.7 Å². The number of H-pyrrole nitrogens is 1. The molecule has 24 heavy (non-hydrogen) atoms. The lowest BCUT2D eigenvalue weighted by atomic mass is 10.2. The molecule has 3 rings (SSSR count). The van der Waals surface area contributed by atoms with Gasteiger partial charge in [0.05, 0.1) is 35.7 Å². The molecule has 1 aromatic carbocycles. The average Bonchev–Trinajstić information content (AvgIpc) is 3.09. The molecule has 126 valence electrons. The van der Waals surface area contributed by atoms with Gasteiger partial charge in [-0.15, -0.1) is 0 Å². The van der Waals surface area contributed by atoms with E-state index in [9.17, 15) is 18.0 Å². The molecule has 6 nitrogen and oxygen atoms in total. The fourth-order valence-corrected chi connectivity index (χ4v) is 2.37. The number of benzene rings is 1. The Kier molecular flexibility index (Phi) is 3.78. The smallest absolute Gasteiger partial charge is 0.340 e. The molecule has 0 bridgehead atoms. The largest absolute Gasteiger partial charge is 0.416 e. The molecule has 3 aromatic rings. The second kappa shape index (κ2) is 5.66. The highest BCUT2D eigenvalue weighted by molar-refractivity contribution is 5.92. The zero-order chi connectivity index (χ0) is 17.5. The summed E-state index contributed by atoms with van der Waals surface area (Å²) in [6.07, 6.45) is -1.44. The van der Waals surface area contributed by atoms with E-state index in [0.29, 0.717) is 17.0 Å². The number of aromatic amines is 1. The van der Waals surface area contributed by atoms with Crippen LogP contribution in [0.5, 0.6) is 0 Å². The van der Waals surface area contributed by atoms with Gasteiger partial charge in [0, 0.05) is 14.1 Å². The van der Waals surface area contributed by atoms with Crippen molar-refractivity contribution in [3.63, 3.8) is 0 Å². The fourth-order valence-electron chi connectivity index (χ4n) is 2.37. The van der Waals surface area contributed by atoms with Crippen LogP contribution < -0.4 is 0 Å². The minimum absolute atomic E-state index is 0.139. The molecule has 2 heterocycles. The van der Waals surface area contributed by atoms with Crippen molar-refractivity contribution in [1.82, 2.24) is 24.4 Å². The van der Waals surface area contributed by atoms with Gasteiger partial charge < -0.3 is 14.5 Å². The lowest BCUT2D eigenvalue weighted by Crippen LogP contribution is -2.28. The number of nitrogens with one attached hydrogen (secondary N) is 1. The number of halogens is 3. The molecule has 9 heteroatoms. The van der Waals surface area contributed by atoms with Crippen molar-refractivity contribution >= 4 is 16.9 Å². The highest BCUT2D eigenvalue weighted by atomic mass is 19.4. The van der Waals surface area contributed by atoms with Crippen molar-refractivity contribution in [3.05, 3.63) is 47.8 Å². The van der Waals surface area contributed by atoms with Gasteiger partial charge >= 0.3 is 6.18 Å². The maximum atomic E-state index is 12.7. The van der Waals surface area contributed by atoms with E-state index in [0.717, 1.165) is 12.1 Å². The summed E-state index contributed by atoms with van der Waals surface area (Å²) in [5, 5.41) is 0. The second-order valence-electron chi connectivity index (χ2n) is 5.46. The van der Waals surface area contributed by atoms with Gasteiger partial charge in [0.2, 0.25) is 0 Å². The van der Waals surface area contributed by atoms with E-state index in [1.165, 1.54) is 23.5 Å². The van der Waals surface area contributed by atoms with Gasteiger partial charge in [-0.05, 0) is 18.2 Å². The third-order valence-corrected chi connectivity index (χ3v) is 3.63. The van der Waals surface area contributed by atoms with Gasteiger partial charge in [-0.3, -0.25) is 4.79 Å². The van der Waals surface area contributed by atoms with Crippen LogP contribution in [0.3, 0.4) is 0 Å². The molecular weight excluding hydrogens is 323 g/mol. The summed E-state index contributed by atoms with van der Waals surface area (Å²) in [6.45, 7) is 0.139. The average molecular weight is 337 g/mol. The first-order chi connectivity index (χ1) is 11.3. The topological polar surface area (TPSA) is 66.8 Å². The summed E-state index contributed by atoms with van der Waals surface area (Å²) < 4.78 is 39.8. The highest BCUT2D eigenvalue weighted by Gasteiger charge is 2.30.